The number of benzene rings is 2. The molecule has 5 rings (SSSR count). The summed E-state index contributed by atoms with van der Waals surface area (Å²) in [6.07, 6.45) is 4.75. The zero-order valence-corrected chi connectivity index (χ0v) is 18.1. The molecule has 0 spiro atoms. The first-order valence-electron chi connectivity index (χ1n) is 10.5. The lowest BCUT2D eigenvalue weighted by Gasteiger charge is -2.15. The lowest BCUT2D eigenvalue weighted by atomic mass is 10.2. The van der Waals surface area contributed by atoms with Gasteiger partial charge in [-0.05, 0) is 54.5 Å². The van der Waals surface area contributed by atoms with Gasteiger partial charge in [0, 0.05) is 24.7 Å². The van der Waals surface area contributed by atoms with Crippen LogP contribution in [0.25, 0.3) is 27.1 Å². The molecule has 2 aromatic carbocycles. The fourth-order valence-corrected chi connectivity index (χ4v) is 4.58. The van der Waals surface area contributed by atoms with Gasteiger partial charge in [0.25, 0.3) is 0 Å². The molecule has 0 radical (unpaired) electrons. The fourth-order valence-electron chi connectivity index (χ4n) is 3.66. The number of nitrogens with one attached hydrogen (secondary N) is 1. The number of fused-ring (bicyclic) bond motifs is 1. The fraction of sp³-hybridized carbons (Fsp3) is 0.160. The van der Waals surface area contributed by atoms with Crippen molar-refractivity contribution in [1.82, 2.24) is 10.3 Å². The van der Waals surface area contributed by atoms with E-state index in [0.717, 1.165) is 39.4 Å². The summed E-state index contributed by atoms with van der Waals surface area (Å²) in [6, 6.07) is 19.3. The Hall–Kier alpha value is -3.71. The maximum absolute atomic E-state index is 12.2. The summed E-state index contributed by atoms with van der Waals surface area (Å²) in [7, 11) is 0. The van der Waals surface area contributed by atoms with Crippen molar-refractivity contribution in [3.63, 3.8) is 0 Å². The Kier molecular flexibility index (Phi) is 5.56. The van der Waals surface area contributed by atoms with E-state index in [1.54, 1.807) is 22.3 Å². The molecule has 1 aliphatic heterocycles. The van der Waals surface area contributed by atoms with E-state index in [1.165, 1.54) is 6.08 Å². The summed E-state index contributed by atoms with van der Waals surface area (Å²) < 4.78 is 6.97. The number of furan rings is 1. The predicted molar refractivity (Wildman–Crippen MR) is 126 cm³/mol. The van der Waals surface area contributed by atoms with Crippen LogP contribution < -0.4 is 10.2 Å². The molecule has 1 fully saturated rings. The minimum absolute atomic E-state index is 0.164. The van der Waals surface area contributed by atoms with E-state index in [9.17, 15) is 9.59 Å². The van der Waals surface area contributed by atoms with Crippen LogP contribution in [0.4, 0.5) is 5.69 Å². The molecule has 1 aliphatic rings. The number of nitrogens with zero attached hydrogens (tertiary/aromatic N) is 2. The van der Waals surface area contributed by atoms with Crippen LogP contribution in [0.1, 0.15) is 24.2 Å². The second-order valence-electron chi connectivity index (χ2n) is 7.54. The number of hydrogen-bond acceptors (Lipinski definition) is 5. The van der Waals surface area contributed by atoms with Crippen molar-refractivity contribution in [2.75, 3.05) is 11.4 Å². The number of carbonyl (C=O) groups excluding carboxylic acids is 2. The number of rotatable bonds is 6. The molecule has 0 saturated carbocycles. The molecule has 6 nitrogen and oxygen atoms in total. The Morgan fingerprint density at radius 1 is 1.12 bits per heavy atom. The number of amides is 2. The maximum Gasteiger partial charge on any atom is 0.244 e. The monoisotopic (exact) mass is 443 g/mol. The number of para-hydroxylation sites is 1. The van der Waals surface area contributed by atoms with Crippen LogP contribution in [0.3, 0.4) is 0 Å². The molecular formula is C25H21N3O3S. The van der Waals surface area contributed by atoms with Gasteiger partial charge in [-0.15, -0.1) is 11.3 Å². The molecule has 3 heterocycles. The largest absolute Gasteiger partial charge is 0.457 e. The predicted octanol–water partition coefficient (Wildman–Crippen LogP) is 5.01. The first-order chi connectivity index (χ1) is 15.7. The summed E-state index contributed by atoms with van der Waals surface area (Å²) in [5.41, 5.74) is 2.74. The topological polar surface area (TPSA) is 75.4 Å². The molecule has 4 aromatic rings. The quantitative estimate of drug-likeness (QED) is 0.425. The Bertz CT molecular complexity index is 1270. The van der Waals surface area contributed by atoms with Gasteiger partial charge in [-0.25, -0.2) is 4.98 Å². The molecule has 2 amide bonds. The molecular weight excluding hydrogens is 422 g/mol. The van der Waals surface area contributed by atoms with Crippen LogP contribution in [0.15, 0.2) is 71.2 Å². The van der Waals surface area contributed by atoms with Crippen molar-refractivity contribution < 1.29 is 14.0 Å². The van der Waals surface area contributed by atoms with Gasteiger partial charge < -0.3 is 14.6 Å². The average molecular weight is 444 g/mol. The molecule has 0 atom stereocenters. The molecule has 0 aliphatic carbocycles. The average Bonchev–Trinajstić information content (AvgIpc) is 3.55. The minimum Gasteiger partial charge on any atom is -0.457 e. The highest BCUT2D eigenvalue weighted by Crippen LogP contribution is 2.31. The van der Waals surface area contributed by atoms with Gasteiger partial charge >= 0.3 is 0 Å². The van der Waals surface area contributed by atoms with E-state index < -0.39 is 0 Å². The van der Waals surface area contributed by atoms with Crippen molar-refractivity contribution >= 4 is 45.1 Å². The minimum atomic E-state index is -0.207. The Balaban J connectivity index is 1.16. The van der Waals surface area contributed by atoms with E-state index in [4.69, 9.17) is 4.42 Å². The lowest BCUT2D eigenvalue weighted by molar-refractivity contribution is -0.117. The molecule has 32 heavy (non-hydrogen) atoms. The Labute approximate surface area is 189 Å². The van der Waals surface area contributed by atoms with Crippen molar-refractivity contribution in [3.05, 3.63) is 78.1 Å². The molecule has 7 heteroatoms. The second kappa shape index (κ2) is 8.80. The van der Waals surface area contributed by atoms with Gasteiger partial charge in [-0.1, -0.05) is 24.3 Å². The SMILES string of the molecule is O=C(/C=C/c1ccc(N2CCCC2=O)cc1)NCc1ccc(-c2nc3ccccc3s2)o1. The molecule has 0 unspecified atom stereocenters. The first-order valence-corrected chi connectivity index (χ1v) is 11.3. The van der Waals surface area contributed by atoms with Crippen molar-refractivity contribution in [3.8, 4) is 10.8 Å². The van der Waals surface area contributed by atoms with E-state index in [0.29, 0.717) is 24.5 Å². The van der Waals surface area contributed by atoms with Crippen LogP contribution in [0.5, 0.6) is 0 Å². The maximum atomic E-state index is 12.2. The van der Waals surface area contributed by atoms with Crippen LogP contribution in [-0.4, -0.2) is 23.3 Å². The molecule has 2 aromatic heterocycles. The number of anilines is 1. The highest BCUT2D eigenvalue weighted by Gasteiger charge is 2.21. The lowest BCUT2D eigenvalue weighted by Crippen LogP contribution is -2.23. The van der Waals surface area contributed by atoms with Gasteiger partial charge in [0.1, 0.15) is 5.76 Å². The highest BCUT2D eigenvalue weighted by molar-refractivity contribution is 7.21. The molecule has 1 saturated heterocycles. The van der Waals surface area contributed by atoms with Crippen LogP contribution in [0.2, 0.25) is 0 Å². The third kappa shape index (κ3) is 4.33. The van der Waals surface area contributed by atoms with Crippen LogP contribution in [-0.2, 0) is 16.1 Å². The smallest absolute Gasteiger partial charge is 0.244 e. The van der Waals surface area contributed by atoms with Crippen molar-refractivity contribution in [2.45, 2.75) is 19.4 Å². The molecule has 160 valence electrons. The van der Waals surface area contributed by atoms with E-state index >= 15 is 0 Å². The molecule has 0 bridgehead atoms. The Morgan fingerprint density at radius 3 is 2.75 bits per heavy atom. The van der Waals surface area contributed by atoms with Crippen molar-refractivity contribution in [2.24, 2.45) is 0 Å². The van der Waals surface area contributed by atoms with Gasteiger partial charge in [0.05, 0.1) is 16.8 Å². The van der Waals surface area contributed by atoms with Gasteiger partial charge in [0.2, 0.25) is 11.8 Å². The number of hydrogen-bond donors (Lipinski definition) is 1. The normalized spacial score (nSPS) is 14.0. The zero-order chi connectivity index (χ0) is 21.9. The number of aromatic nitrogens is 1. The summed E-state index contributed by atoms with van der Waals surface area (Å²) >= 11 is 1.58. The summed E-state index contributed by atoms with van der Waals surface area (Å²) in [6.45, 7) is 1.06. The third-order valence-corrected chi connectivity index (χ3v) is 6.36. The summed E-state index contributed by atoms with van der Waals surface area (Å²) in [4.78, 5) is 30.4. The molecule has 1 N–H and O–H groups in total. The zero-order valence-electron chi connectivity index (χ0n) is 17.3. The Morgan fingerprint density at radius 2 is 1.97 bits per heavy atom. The summed E-state index contributed by atoms with van der Waals surface area (Å²) in [5, 5.41) is 3.66. The number of thiazole rings is 1. The summed E-state index contributed by atoms with van der Waals surface area (Å²) in [5.74, 6) is 1.32. The van der Waals surface area contributed by atoms with Gasteiger partial charge in [-0.3, -0.25) is 9.59 Å². The highest BCUT2D eigenvalue weighted by atomic mass is 32.1. The van der Waals surface area contributed by atoms with Crippen LogP contribution in [0, 0.1) is 0 Å². The van der Waals surface area contributed by atoms with Gasteiger partial charge in [0.15, 0.2) is 10.8 Å². The second-order valence-corrected chi connectivity index (χ2v) is 8.57. The number of carbonyl (C=O) groups is 2. The van der Waals surface area contributed by atoms with E-state index in [2.05, 4.69) is 10.3 Å². The third-order valence-electron chi connectivity index (χ3n) is 5.31. The van der Waals surface area contributed by atoms with Crippen LogP contribution >= 0.6 is 11.3 Å². The van der Waals surface area contributed by atoms with E-state index in [1.807, 2.05) is 60.7 Å². The van der Waals surface area contributed by atoms with Gasteiger partial charge in [-0.2, -0.15) is 0 Å². The standard InChI is InChI=1S/C25H21N3O3S/c29-23(14-9-17-7-10-18(11-8-17)28-15-3-6-24(28)30)26-16-19-12-13-21(31-19)25-27-20-4-1-2-5-22(20)32-25/h1-2,4-5,7-14H,3,6,15-16H2,(H,26,29)/b14-9+. The van der Waals surface area contributed by atoms with Crippen molar-refractivity contribution in [1.29, 1.82) is 0 Å². The van der Waals surface area contributed by atoms with E-state index in [-0.39, 0.29) is 11.8 Å². The first kappa shape index (κ1) is 20.2.